The van der Waals surface area contributed by atoms with Crippen LogP contribution in [0.25, 0.3) is 0 Å². The molecule has 7 heteroatoms. The fourth-order valence-corrected chi connectivity index (χ4v) is 1.72. The summed E-state index contributed by atoms with van der Waals surface area (Å²) in [5.74, 6) is -0.552. The quantitative estimate of drug-likeness (QED) is 0.762. The van der Waals surface area contributed by atoms with E-state index >= 15 is 0 Å². The monoisotopic (exact) mass is 243 g/mol. The summed E-state index contributed by atoms with van der Waals surface area (Å²) in [5, 5.41) is 3.40. The van der Waals surface area contributed by atoms with E-state index in [0.29, 0.717) is 22.2 Å². The Labute approximate surface area is 96.8 Å². The van der Waals surface area contributed by atoms with Gasteiger partial charge >= 0.3 is 5.97 Å². The number of thiazole rings is 1. The smallest absolute Gasteiger partial charge is 0.311 e. The Morgan fingerprint density at radius 2 is 2.25 bits per heavy atom. The maximum Gasteiger partial charge on any atom is 0.311 e. The highest BCUT2D eigenvalue weighted by Gasteiger charge is 2.13. The fourth-order valence-electron chi connectivity index (χ4n) is 0.960. The molecule has 1 heterocycles. The van der Waals surface area contributed by atoms with Crippen molar-refractivity contribution in [2.75, 3.05) is 18.2 Å². The molecule has 0 radical (unpaired) electrons. The van der Waals surface area contributed by atoms with E-state index in [9.17, 15) is 9.59 Å². The Morgan fingerprint density at radius 3 is 2.81 bits per heavy atom. The molecule has 1 rings (SSSR count). The van der Waals surface area contributed by atoms with Gasteiger partial charge in [0.1, 0.15) is 5.00 Å². The highest BCUT2D eigenvalue weighted by Crippen LogP contribution is 2.25. The minimum atomic E-state index is -0.412. The topological polar surface area (TPSA) is 94.3 Å². The van der Waals surface area contributed by atoms with E-state index in [1.54, 1.807) is 6.92 Å². The standard InChI is InChI=1S/C9H13N3O3S/c1-3-6(13)12-9-11-5(8(10)16-9)4-7(14)15-2/h3-4,10H2,1-2H3,(H,11,12,13). The first-order valence-corrected chi connectivity index (χ1v) is 5.50. The number of nitrogens with one attached hydrogen (secondary N) is 1. The number of nitrogens with zero attached hydrogens (tertiary/aromatic N) is 1. The third-order valence-corrected chi connectivity index (χ3v) is 2.68. The highest BCUT2D eigenvalue weighted by atomic mass is 32.1. The SMILES string of the molecule is CCC(=O)Nc1nc(CC(=O)OC)c(N)s1. The lowest BCUT2D eigenvalue weighted by Gasteiger charge is -1.97. The molecule has 0 fully saturated rings. The van der Waals surface area contributed by atoms with Gasteiger partial charge in [0.2, 0.25) is 5.91 Å². The van der Waals surface area contributed by atoms with Crippen LogP contribution in [0, 0.1) is 0 Å². The van der Waals surface area contributed by atoms with E-state index in [4.69, 9.17) is 5.73 Å². The Morgan fingerprint density at radius 1 is 1.56 bits per heavy atom. The first-order valence-electron chi connectivity index (χ1n) is 4.68. The fraction of sp³-hybridized carbons (Fsp3) is 0.444. The van der Waals surface area contributed by atoms with Crippen LogP contribution in [0.4, 0.5) is 10.1 Å². The second-order valence-electron chi connectivity index (χ2n) is 2.98. The summed E-state index contributed by atoms with van der Waals surface area (Å²) in [6.07, 6.45) is 0.382. The van der Waals surface area contributed by atoms with Gasteiger partial charge in [-0.3, -0.25) is 9.59 Å². The van der Waals surface area contributed by atoms with Crippen molar-refractivity contribution in [1.29, 1.82) is 0 Å². The molecule has 0 aromatic carbocycles. The molecule has 0 saturated carbocycles. The van der Waals surface area contributed by atoms with Crippen LogP contribution in [0.1, 0.15) is 19.0 Å². The van der Waals surface area contributed by atoms with E-state index in [-0.39, 0.29) is 12.3 Å². The summed E-state index contributed by atoms with van der Waals surface area (Å²) in [5.41, 5.74) is 6.09. The third kappa shape index (κ3) is 3.20. The van der Waals surface area contributed by atoms with Crippen LogP contribution in [-0.2, 0) is 20.7 Å². The largest absolute Gasteiger partial charge is 0.469 e. The molecular formula is C9H13N3O3S. The van der Waals surface area contributed by atoms with Crippen molar-refractivity contribution in [1.82, 2.24) is 4.98 Å². The molecule has 6 nitrogen and oxygen atoms in total. The number of amides is 1. The first kappa shape index (κ1) is 12.4. The highest BCUT2D eigenvalue weighted by molar-refractivity contribution is 7.19. The second-order valence-corrected chi connectivity index (χ2v) is 4.02. The van der Waals surface area contributed by atoms with Crippen LogP contribution < -0.4 is 11.1 Å². The zero-order valence-corrected chi connectivity index (χ0v) is 9.89. The normalized spacial score (nSPS) is 9.88. The van der Waals surface area contributed by atoms with Gasteiger partial charge < -0.3 is 15.8 Å². The Balaban J connectivity index is 2.73. The molecule has 0 aliphatic heterocycles. The van der Waals surface area contributed by atoms with E-state index < -0.39 is 5.97 Å². The maximum atomic E-state index is 11.1. The van der Waals surface area contributed by atoms with Crippen molar-refractivity contribution in [3.63, 3.8) is 0 Å². The van der Waals surface area contributed by atoms with Crippen molar-refractivity contribution in [2.45, 2.75) is 19.8 Å². The van der Waals surface area contributed by atoms with Gasteiger partial charge in [-0.15, -0.1) is 0 Å². The number of hydrogen-bond acceptors (Lipinski definition) is 6. The van der Waals surface area contributed by atoms with Crippen LogP contribution in [0.5, 0.6) is 0 Å². The van der Waals surface area contributed by atoms with Gasteiger partial charge in [0.15, 0.2) is 5.13 Å². The lowest BCUT2D eigenvalue weighted by Crippen LogP contribution is -2.10. The Hall–Kier alpha value is -1.63. The van der Waals surface area contributed by atoms with Gasteiger partial charge in [-0.1, -0.05) is 18.3 Å². The third-order valence-electron chi connectivity index (χ3n) is 1.83. The predicted octanol–water partition coefficient (Wildman–Crippen LogP) is 0.789. The van der Waals surface area contributed by atoms with Gasteiger partial charge in [0, 0.05) is 6.42 Å². The number of carbonyl (C=O) groups excluding carboxylic acids is 2. The van der Waals surface area contributed by atoms with E-state index in [2.05, 4.69) is 15.0 Å². The molecule has 0 bridgehead atoms. The second kappa shape index (κ2) is 5.45. The van der Waals surface area contributed by atoms with E-state index in [0.717, 1.165) is 11.3 Å². The summed E-state index contributed by atoms with van der Waals surface area (Å²) < 4.78 is 4.50. The number of hydrogen-bond donors (Lipinski definition) is 2. The van der Waals surface area contributed by atoms with Gasteiger partial charge in [0.25, 0.3) is 0 Å². The molecule has 0 saturated heterocycles. The van der Waals surface area contributed by atoms with Gasteiger partial charge in [-0.25, -0.2) is 4.98 Å². The van der Waals surface area contributed by atoms with Crippen molar-refractivity contribution in [3.05, 3.63) is 5.69 Å². The lowest BCUT2D eigenvalue weighted by atomic mass is 10.3. The molecule has 0 atom stereocenters. The summed E-state index contributed by atoms with van der Waals surface area (Å²) >= 11 is 1.14. The molecule has 3 N–H and O–H groups in total. The maximum absolute atomic E-state index is 11.1. The zero-order valence-electron chi connectivity index (χ0n) is 9.07. The van der Waals surface area contributed by atoms with Gasteiger partial charge in [-0.2, -0.15) is 0 Å². The number of aromatic nitrogens is 1. The first-order chi connectivity index (χ1) is 7.56. The number of esters is 1. The number of ether oxygens (including phenoxy) is 1. The lowest BCUT2D eigenvalue weighted by molar-refractivity contribution is -0.139. The zero-order chi connectivity index (χ0) is 12.1. The molecule has 1 amide bonds. The summed E-state index contributed by atoms with van der Waals surface area (Å²) in [7, 11) is 1.30. The number of anilines is 2. The average Bonchev–Trinajstić information content (AvgIpc) is 2.58. The Bertz CT molecular complexity index is 403. The van der Waals surface area contributed by atoms with Crippen LogP contribution >= 0.6 is 11.3 Å². The van der Waals surface area contributed by atoms with E-state index in [1.165, 1.54) is 7.11 Å². The summed E-state index contributed by atoms with van der Waals surface area (Å²) in [4.78, 5) is 26.2. The molecule has 1 aromatic rings. The minimum Gasteiger partial charge on any atom is -0.469 e. The molecule has 0 aliphatic carbocycles. The molecular weight excluding hydrogens is 230 g/mol. The molecule has 16 heavy (non-hydrogen) atoms. The van der Waals surface area contributed by atoms with Crippen LogP contribution in [0.15, 0.2) is 0 Å². The van der Waals surface area contributed by atoms with Gasteiger partial charge in [0.05, 0.1) is 19.2 Å². The van der Waals surface area contributed by atoms with Crippen LogP contribution in [0.2, 0.25) is 0 Å². The van der Waals surface area contributed by atoms with Crippen molar-refractivity contribution in [2.24, 2.45) is 0 Å². The summed E-state index contributed by atoms with van der Waals surface area (Å²) in [6.45, 7) is 1.74. The average molecular weight is 243 g/mol. The minimum absolute atomic E-state index is 0.0147. The van der Waals surface area contributed by atoms with Crippen molar-refractivity contribution in [3.8, 4) is 0 Å². The van der Waals surface area contributed by atoms with Gasteiger partial charge in [-0.05, 0) is 0 Å². The molecule has 0 unspecified atom stereocenters. The number of methoxy groups -OCH3 is 1. The van der Waals surface area contributed by atoms with E-state index in [1.807, 2.05) is 0 Å². The molecule has 0 aliphatic rings. The molecule has 1 aromatic heterocycles. The number of rotatable bonds is 4. The molecule has 0 spiro atoms. The summed E-state index contributed by atoms with van der Waals surface area (Å²) in [6, 6.07) is 0. The Kier molecular flexibility index (Phi) is 4.24. The van der Waals surface area contributed by atoms with Crippen molar-refractivity contribution >= 4 is 33.3 Å². The van der Waals surface area contributed by atoms with Crippen LogP contribution in [0.3, 0.4) is 0 Å². The van der Waals surface area contributed by atoms with Crippen molar-refractivity contribution < 1.29 is 14.3 Å². The predicted molar refractivity (Wildman–Crippen MR) is 61.2 cm³/mol. The number of nitrogen functional groups attached to an aromatic ring is 1. The van der Waals surface area contributed by atoms with Crippen LogP contribution in [-0.4, -0.2) is 24.0 Å². The number of carbonyl (C=O) groups is 2. The number of nitrogens with two attached hydrogens (primary N) is 1. The molecule has 88 valence electrons.